The Labute approximate surface area is 105 Å². The quantitative estimate of drug-likeness (QED) is 0.746. The van der Waals surface area contributed by atoms with E-state index in [9.17, 15) is 4.79 Å². The van der Waals surface area contributed by atoms with Crippen LogP contribution < -0.4 is 5.32 Å². The SMILES string of the molecule is C=CC(=O)NC(C)(C)CCN1CCCCCC1. The molecule has 0 spiro atoms. The average Bonchev–Trinajstić information content (AvgIpc) is 2.54. The molecule has 0 aromatic rings. The molecule has 0 bridgehead atoms. The van der Waals surface area contributed by atoms with Crippen molar-refractivity contribution in [1.29, 1.82) is 0 Å². The van der Waals surface area contributed by atoms with Crippen molar-refractivity contribution in [3.05, 3.63) is 12.7 Å². The Morgan fingerprint density at radius 1 is 1.29 bits per heavy atom. The number of nitrogens with zero attached hydrogens (tertiary/aromatic N) is 1. The fraction of sp³-hybridized carbons (Fsp3) is 0.786. The van der Waals surface area contributed by atoms with Crippen molar-refractivity contribution in [3.63, 3.8) is 0 Å². The summed E-state index contributed by atoms with van der Waals surface area (Å²) in [6.07, 6.45) is 7.71. The normalized spacial score (nSPS) is 18.5. The molecule has 0 aliphatic carbocycles. The van der Waals surface area contributed by atoms with E-state index in [-0.39, 0.29) is 11.4 Å². The van der Waals surface area contributed by atoms with Gasteiger partial charge in [-0.15, -0.1) is 0 Å². The number of rotatable bonds is 5. The highest BCUT2D eigenvalue weighted by molar-refractivity contribution is 5.87. The van der Waals surface area contributed by atoms with Gasteiger partial charge in [-0.1, -0.05) is 19.4 Å². The number of nitrogens with one attached hydrogen (secondary N) is 1. The number of carbonyl (C=O) groups is 1. The molecular formula is C14H26N2O. The van der Waals surface area contributed by atoms with Crippen molar-refractivity contribution in [1.82, 2.24) is 10.2 Å². The minimum absolute atomic E-state index is 0.0779. The Balaban J connectivity index is 2.31. The van der Waals surface area contributed by atoms with Gasteiger partial charge < -0.3 is 10.2 Å². The molecule has 0 aromatic heterocycles. The van der Waals surface area contributed by atoms with Crippen molar-refractivity contribution in [2.24, 2.45) is 0 Å². The molecule has 0 radical (unpaired) electrons. The molecule has 0 unspecified atom stereocenters. The highest BCUT2D eigenvalue weighted by atomic mass is 16.1. The molecule has 1 aliphatic rings. The number of amides is 1. The van der Waals surface area contributed by atoms with E-state index >= 15 is 0 Å². The molecule has 1 N–H and O–H groups in total. The topological polar surface area (TPSA) is 32.3 Å². The molecule has 1 amide bonds. The van der Waals surface area contributed by atoms with Crippen LogP contribution in [0, 0.1) is 0 Å². The predicted octanol–water partition coefficient (Wildman–Crippen LogP) is 2.33. The van der Waals surface area contributed by atoms with Crippen molar-refractivity contribution in [2.75, 3.05) is 19.6 Å². The van der Waals surface area contributed by atoms with Gasteiger partial charge in [0.25, 0.3) is 0 Å². The molecule has 1 rings (SSSR count). The van der Waals surface area contributed by atoms with Crippen LogP contribution in [0.1, 0.15) is 46.0 Å². The summed E-state index contributed by atoms with van der Waals surface area (Å²) in [5.41, 5.74) is -0.141. The van der Waals surface area contributed by atoms with E-state index < -0.39 is 0 Å². The largest absolute Gasteiger partial charge is 0.348 e. The summed E-state index contributed by atoms with van der Waals surface area (Å²) in [5.74, 6) is -0.0779. The van der Waals surface area contributed by atoms with Crippen molar-refractivity contribution < 1.29 is 4.79 Å². The second-order valence-electron chi connectivity index (χ2n) is 5.58. The maximum absolute atomic E-state index is 11.3. The van der Waals surface area contributed by atoms with Gasteiger partial charge in [-0.05, 0) is 52.3 Å². The Morgan fingerprint density at radius 3 is 2.41 bits per heavy atom. The number of carbonyl (C=O) groups excluding carboxylic acids is 1. The zero-order valence-corrected chi connectivity index (χ0v) is 11.3. The van der Waals surface area contributed by atoms with Gasteiger partial charge in [0.2, 0.25) is 5.91 Å². The van der Waals surface area contributed by atoms with E-state index in [1.165, 1.54) is 44.8 Å². The average molecular weight is 238 g/mol. The molecule has 1 heterocycles. The van der Waals surface area contributed by atoms with Crippen LogP contribution in [-0.4, -0.2) is 36.0 Å². The Hall–Kier alpha value is -0.830. The highest BCUT2D eigenvalue weighted by Crippen LogP contribution is 2.14. The van der Waals surface area contributed by atoms with E-state index in [1.807, 2.05) is 0 Å². The Morgan fingerprint density at radius 2 is 1.88 bits per heavy atom. The van der Waals surface area contributed by atoms with E-state index in [0.29, 0.717) is 0 Å². The summed E-state index contributed by atoms with van der Waals surface area (Å²) in [6, 6.07) is 0. The van der Waals surface area contributed by atoms with Crippen LogP contribution in [0.15, 0.2) is 12.7 Å². The molecule has 0 atom stereocenters. The van der Waals surface area contributed by atoms with Gasteiger partial charge in [0.1, 0.15) is 0 Å². The molecule has 1 saturated heterocycles. The second kappa shape index (κ2) is 6.80. The third-order valence-corrected chi connectivity index (χ3v) is 3.40. The monoisotopic (exact) mass is 238 g/mol. The van der Waals surface area contributed by atoms with Crippen LogP contribution in [0.3, 0.4) is 0 Å². The maximum atomic E-state index is 11.3. The minimum atomic E-state index is -0.141. The number of hydrogen-bond acceptors (Lipinski definition) is 2. The molecular weight excluding hydrogens is 212 g/mol. The lowest BCUT2D eigenvalue weighted by atomic mass is 10.00. The zero-order chi connectivity index (χ0) is 12.7. The minimum Gasteiger partial charge on any atom is -0.348 e. The van der Waals surface area contributed by atoms with E-state index in [0.717, 1.165) is 13.0 Å². The lowest BCUT2D eigenvalue weighted by molar-refractivity contribution is -0.118. The molecule has 0 saturated carbocycles. The lowest BCUT2D eigenvalue weighted by Gasteiger charge is -2.29. The van der Waals surface area contributed by atoms with Crippen LogP contribution in [-0.2, 0) is 4.79 Å². The van der Waals surface area contributed by atoms with Crippen molar-refractivity contribution in [3.8, 4) is 0 Å². The second-order valence-corrected chi connectivity index (χ2v) is 5.58. The third-order valence-electron chi connectivity index (χ3n) is 3.40. The van der Waals surface area contributed by atoms with Crippen LogP contribution in [0.5, 0.6) is 0 Å². The summed E-state index contributed by atoms with van der Waals surface area (Å²) in [5, 5.41) is 2.98. The smallest absolute Gasteiger partial charge is 0.243 e. The summed E-state index contributed by atoms with van der Waals surface area (Å²) < 4.78 is 0. The van der Waals surface area contributed by atoms with Crippen molar-refractivity contribution >= 4 is 5.91 Å². The van der Waals surface area contributed by atoms with Gasteiger partial charge in [0.05, 0.1) is 0 Å². The van der Waals surface area contributed by atoms with Crippen LogP contribution in [0.2, 0.25) is 0 Å². The maximum Gasteiger partial charge on any atom is 0.243 e. The number of likely N-dealkylation sites (tertiary alicyclic amines) is 1. The first kappa shape index (κ1) is 14.2. The molecule has 98 valence electrons. The molecule has 0 aromatic carbocycles. The van der Waals surface area contributed by atoms with Gasteiger partial charge in [0, 0.05) is 12.1 Å². The first-order valence-electron chi connectivity index (χ1n) is 6.70. The summed E-state index contributed by atoms with van der Waals surface area (Å²) >= 11 is 0. The zero-order valence-electron chi connectivity index (χ0n) is 11.3. The molecule has 3 heteroatoms. The lowest BCUT2D eigenvalue weighted by Crippen LogP contribution is -2.45. The first-order valence-corrected chi connectivity index (χ1v) is 6.70. The van der Waals surface area contributed by atoms with Gasteiger partial charge >= 0.3 is 0 Å². The van der Waals surface area contributed by atoms with E-state index in [4.69, 9.17) is 0 Å². The van der Waals surface area contributed by atoms with E-state index in [2.05, 4.69) is 30.6 Å². The highest BCUT2D eigenvalue weighted by Gasteiger charge is 2.20. The van der Waals surface area contributed by atoms with E-state index in [1.54, 1.807) is 0 Å². The third kappa shape index (κ3) is 5.87. The van der Waals surface area contributed by atoms with Crippen molar-refractivity contribution in [2.45, 2.75) is 51.5 Å². The van der Waals surface area contributed by atoms with Gasteiger partial charge in [-0.25, -0.2) is 0 Å². The fourth-order valence-corrected chi connectivity index (χ4v) is 2.24. The number of hydrogen-bond donors (Lipinski definition) is 1. The predicted molar refractivity (Wildman–Crippen MR) is 71.9 cm³/mol. The van der Waals surface area contributed by atoms with Crippen LogP contribution >= 0.6 is 0 Å². The van der Waals surface area contributed by atoms with Crippen LogP contribution in [0.4, 0.5) is 0 Å². The first-order chi connectivity index (χ1) is 8.03. The Kier molecular flexibility index (Phi) is 5.69. The Bertz CT molecular complexity index is 253. The fourth-order valence-electron chi connectivity index (χ4n) is 2.24. The molecule has 17 heavy (non-hydrogen) atoms. The summed E-state index contributed by atoms with van der Waals surface area (Å²) in [6.45, 7) is 11.1. The van der Waals surface area contributed by atoms with Crippen LogP contribution in [0.25, 0.3) is 0 Å². The molecule has 3 nitrogen and oxygen atoms in total. The summed E-state index contributed by atoms with van der Waals surface area (Å²) in [4.78, 5) is 13.8. The summed E-state index contributed by atoms with van der Waals surface area (Å²) in [7, 11) is 0. The van der Waals surface area contributed by atoms with Gasteiger partial charge in [-0.3, -0.25) is 4.79 Å². The van der Waals surface area contributed by atoms with Gasteiger partial charge in [-0.2, -0.15) is 0 Å². The molecule has 1 aliphatic heterocycles. The standard InChI is InChI=1S/C14H26N2O/c1-4-13(17)15-14(2,3)9-12-16-10-7-5-6-8-11-16/h4H,1,5-12H2,2-3H3,(H,15,17). The molecule has 1 fully saturated rings. The van der Waals surface area contributed by atoms with Gasteiger partial charge in [0.15, 0.2) is 0 Å².